The molecule has 0 radical (unpaired) electrons. The Hall–Kier alpha value is -3.21. The Morgan fingerprint density at radius 2 is 1.71 bits per heavy atom. The topological polar surface area (TPSA) is 55.1 Å². The van der Waals surface area contributed by atoms with Crippen LogP contribution in [0.25, 0.3) is 5.69 Å². The molecule has 1 aromatic heterocycles. The molecule has 0 bridgehead atoms. The van der Waals surface area contributed by atoms with Crippen LogP contribution in [0.5, 0.6) is 0 Å². The number of hydrogen-bond donors (Lipinski definition) is 1. The zero-order valence-electron chi connectivity index (χ0n) is 21.9. The van der Waals surface area contributed by atoms with Crippen molar-refractivity contribution in [2.45, 2.75) is 85.2 Å². The maximum atomic E-state index is 5.38. The van der Waals surface area contributed by atoms with Crippen LogP contribution in [0.4, 0.5) is 0 Å². The van der Waals surface area contributed by atoms with Crippen molar-refractivity contribution in [3.63, 3.8) is 0 Å². The first-order valence-electron chi connectivity index (χ1n) is 13.1. The Balaban J connectivity index is 1.80. The van der Waals surface area contributed by atoms with Gasteiger partial charge in [0.1, 0.15) is 11.9 Å². The molecule has 0 aliphatic carbocycles. The molecule has 2 heterocycles. The molecule has 1 atom stereocenters. The molecule has 0 unspecified atom stereocenters. The van der Waals surface area contributed by atoms with Gasteiger partial charge < -0.3 is 5.32 Å². The van der Waals surface area contributed by atoms with Gasteiger partial charge in [-0.3, -0.25) is 9.56 Å². The molecule has 184 valence electrons. The molecule has 0 spiro atoms. The van der Waals surface area contributed by atoms with Gasteiger partial charge in [0.15, 0.2) is 5.82 Å². The number of fused-ring (bicyclic) bond motifs is 3. The van der Waals surface area contributed by atoms with Crippen molar-refractivity contribution in [2.24, 2.45) is 4.99 Å². The summed E-state index contributed by atoms with van der Waals surface area (Å²) in [5, 5.41) is 12.8. The van der Waals surface area contributed by atoms with E-state index in [4.69, 9.17) is 4.99 Å². The van der Waals surface area contributed by atoms with E-state index < -0.39 is 0 Å². The largest absolute Gasteiger partial charge is 0.386 e. The van der Waals surface area contributed by atoms with Crippen LogP contribution in [0.3, 0.4) is 0 Å². The molecule has 2 aromatic carbocycles. The van der Waals surface area contributed by atoms with Crippen LogP contribution >= 0.6 is 0 Å². The second-order valence-electron chi connectivity index (χ2n) is 9.73. The summed E-state index contributed by atoms with van der Waals surface area (Å²) in [5.74, 6) is 1.75. The lowest BCUT2D eigenvalue weighted by Crippen LogP contribution is -2.28. The molecular weight excluding hydrogens is 430 g/mol. The summed E-state index contributed by atoms with van der Waals surface area (Å²) in [4.78, 5) is 5.38. The Morgan fingerprint density at radius 1 is 1.00 bits per heavy atom. The smallest absolute Gasteiger partial charge is 0.162 e. The molecule has 3 aromatic rings. The fourth-order valence-corrected chi connectivity index (χ4v) is 5.01. The lowest BCUT2D eigenvalue weighted by atomic mass is 9.97. The van der Waals surface area contributed by atoms with Crippen LogP contribution in [0.1, 0.15) is 92.8 Å². The van der Waals surface area contributed by atoms with E-state index in [1.807, 2.05) is 6.92 Å². The number of benzene rings is 2. The van der Waals surface area contributed by atoms with E-state index in [2.05, 4.69) is 96.8 Å². The van der Waals surface area contributed by atoms with Crippen molar-refractivity contribution in [3.8, 4) is 5.69 Å². The number of hydrogen-bond acceptors (Lipinski definition) is 4. The normalized spacial score (nSPS) is 14.8. The first-order chi connectivity index (χ1) is 16.9. The number of aryl methyl sites for hydroxylation is 3. The molecule has 0 saturated heterocycles. The fourth-order valence-electron chi connectivity index (χ4n) is 5.01. The first kappa shape index (κ1) is 24.9. The molecule has 0 saturated carbocycles. The lowest BCUT2D eigenvalue weighted by Gasteiger charge is -2.22. The van der Waals surface area contributed by atoms with Gasteiger partial charge in [0.2, 0.25) is 0 Å². The second kappa shape index (κ2) is 11.0. The maximum absolute atomic E-state index is 5.38. The van der Waals surface area contributed by atoms with Gasteiger partial charge in [0, 0.05) is 29.3 Å². The van der Waals surface area contributed by atoms with Crippen LogP contribution < -0.4 is 5.32 Å². The van der Waals surface area contributed by atoms with Crippen molar-refractivity contribution >= 4 is 5.71 Å². The van der Waals surface area contributed by atoms with Crippen molar-refractivity contribution in [2.75, 3.05) is 0 Å². The third kappa shape index (κ3) is 5.39. The van der Waals surface area contributed by atoms with Gasteiger partial charge in [-0.15, -0.1) is 10.2 Å². The molecule has 5 heteroatoms. The summed E-state index contributed by atoms with van der Waals surface area (Å²) < 4.78 is 2.19. The predicted molar refractivity (Wildman–Crippen MR) is 146 cm³/mol. The Kier molecular flexibility index (Phi) is 7.84. The van der Waals surface area contributed by atoms with E-state index in [9.17, 15) is 0 Å². The summed E-state index contributed by atoms with van der Waals surface area (Å²) in [6.07, 6.45) is 6.28. The van der Waals surface area contributed by atoms with E-state index in [-0.39, 0.29) is 6.04 Å². The third-order valence-corrected chi connectivity index (χ3v) is 6.85. The van der Waals surface area contributed by atoms with Gasteiger partial charge in [-0.25, -0.2) is 0 Å². The number of aliphatic imine (C=N–C) groups is 1. The summed E-state index contributed by atoms with van der Waals surface area (Å²) in [6, 6.07) is 15.6. The van der Waals surface area contributed by atoms with Crippen molar-refractivity contribution < 1.29 is 0 Å². The quantitative estimate of drug-likeness (QED) is 0.355. The molecule has 1 aliphatic heterocycles. The molecule has 0 amide bonds. The highest BCUT2D eigenvalue weighted by molar-refractivity contribution is 6.15. The summed E-state index contributed by atoms with van der Waals surface area (Å²) in [7, 11) is 0. The van der Waals surface area contributed by atoms with E-state index in [0.717, 1.165) is 72.0 Å². The van der Waals surface area contributed by atoms with Gasteiger partial charge in [-0.2, -0.15) is 0 Å². The van der Waals surface area contributed by atoms with Crippen LogP contribution in [0, 0.1) is 13.8 Å². The number of aromatic nitrogens is 3. The zero-order chi connectivity index (χ0) is 24.9. The van der Waals surface area contributed by atoms with Crippen LogP contribution in [0.2, 0.25) is 0 Å². The van der Waals surface area contributed by atoms with E-state index in [1.165, 1.54) is 11.1 Å². The Bertz CT molecular complexity index is 1200. The number of nitrogens with zero attached hydrogens (tertiary/aromatic N) is 4. The minimum atomic E-state index is -0.172. The van der Waals surface area contributed by atoms with E-state index in [0.29, 0.717) is 12.5 Å². The standard InChI is InChI=1S/C30H39N5/c1-7-10-25(11-8-2)31-21(5)18-27-30-34-33-22(6)35(30)28-17-14-23(9-3)19-26(28)29(32-27)24-15-12-20(4)13-16-24/h12-17,19,25,27,31H,5,7-11,18H2,1-4,6H3/t27-/m0/s1. The lowest BCUT2D eigenvalue weighted by molar-refractivity contribution is 0.466. The highest BCUT2D eigenvalue weighted by Crippen LogP contribution is 2.34. The predicted octanol–water partition coefficient (Wildman–Crippen LogP) is 6.80. The maximum Gasteiger partial charge on any atom is 0.162 e. The van der Waals surface area contributed by atoms with Crippen LogP contribution in [0.15, 0.2) is 59.7 Å². The second-order valence-corrected chi connectivity index (χ2v) is 9.73. The molecule has 5 nitrogen and oxygen atoms in total. The molecule has 35 heavy (non-hydrogen) atoms. The highest BCUT2D eigenvalue weighted by atomic mass is 15.3. The molecule has 1 aliphatic rings. The SMILES string of the molecule is C=C(C[C@@H]1N=C(c2ccc(C)cc2)c2cc(CC)ccc2-n2c(C)nnc21)NC(CCC)CCC. The van der Waals surface area contributed by atoms with Gasteiger partial charge in [-0.1, -0.05) is 76.1 Å². The monoisotopic (exact) mass is 469 g/mol. The van der Waals surface area contributed by atoms with Crippen molar-refractivity contribution in [1.29, 1.82) is 0 Å². The number of rotatable bonds is 10. The van der Waals surface area contributed by atoms with Gasteiger partial charge in [-0.05, 0) is 50.8 Å². The zero-order valence-corrected chi connectivity index (χ0v) is 21.9. The minimum absolute atomic E-state index is 0.172. The average Bonchev–Trinajstić information content (AvgIpc) is 3.17. The fraction of sp³-hybridized carbons (Fsp3) is 0.433. The van der Waals surface area contributed by atoms with Gasteiger partial charge >= 0.3 is 0 Å². The third-order valence-electron chi connectivity index (χ3n) is 6.85. The van der Waals surface area contributed by atoms with E-state index >= 15 is 0 Å². The van der Waals surface area contributed by atoms with E-state index in [1.54, 1.807) is 0 Å². The molecule has 1 N–H and O–H groups in total. The van der Waals surface area contributed by atoms with Crippen molar-refractivity contribution in [1.82, 2.24) is 20.1 Å². The first-order valence-corrected chi connectivity index (χ1v) is 13.1. The summed E-state index contributed by atoms with van der Waals surface area (Å²) in [6.45, 7) is 15.2. The van der Waals surface area contributed by atoms with Crippen LogP contribution in [-0.2, 0) is 6.42 Å². The summed E-state index contributed by atoms with van der Waals surface area (Å²) in [5.41, 5.74) is 7.91. The number of nitrogens with one attached hydrogen (secondary N) is 1. The van der Waals surface area contributed by atoms with Gasteiger partial charge in [0.25, 0.3) is 0 Å². The average molecular weight is 470 g/mol. The molecule has 0 fully saturated rings. The highest BCUT2D eigenvalue weighted by Gasteiger charge is 2.29. The molecular formula is C30H39N5. The Labute approximate surface area is 210 Å². The Morgan fingerprint density at radius 3 is 2.37 bits per heavy atom. The van der Waals surface area contributed by atoms with Crippen molar-refractivity contribution in [3.05, 3.63) is 88.6 Å². The summed E-state index contributed by atoms with van der Waals surface area (Å²) >= 11 is 0. The molecule has 4 rings (SSSR count). The minimum Gasteiger partial charge on any atom is -0.386 e. The van der Waals surface area contributed by atoms with Crippen LogP contribution in [-0.4, -0.2) is 26.5 Å². The van der Waals surface area contributed by atoms with Gasteiger partial charge in [0.05, 0.1) is 11.4 Å².